The summed E-state index contributed by atoms with van der Waals surface area (Å²) >= 11 is 0. The zero-order chi connectivity index (χ0) is 24.8. The Hall–Kier alpha value is -2.53. The minimum atomic E-state index is 0.0212. The molecule has 6 atom stereocenters. The lowest BCUT2D eigenvalue weighted by Crippen LogP contribution is -2.50. The van der Waals surface area contributed by atoms with E-state index in [0.29, 0.717) is 41.2 Å². The molecule has 0 amide bonds. The van der Waals surface area contributed by atoms with Gasteiger partial charge in [-0.3, -0.25) is 25.1 Å². The van der Waals surface area contributed by atoms with E-state index in [1.807, 2.05) is 12.1 Å². The number of anilines is 1. The van der Waals surface area contributed by atoms with E-state index in [2.05, 4.69) is 24.6 Å². The lowest BCUT2D eigenvalue weighted by atomic mass is 9.47. The molecule has 1 aromatic carbocycles. The van der Waals surface area contributed by atoms with Crippen molar-refractivity contribution in [2.45, 2.75) is 71.6 Å². The SMILES string of the molecule is CC(=O)[C@H]1CC[C@H]2[C@@H]3C=CC4=CC(=O)CC[C@@]4(C)[C@@H]3CC[C@]12CCCc1ccc(NO)cc1C=O. The highest BCUT2D eigenvalue weighted by Gasteiger charge is 2.60. The summed E-state index contributed by atoms with van der Waals surface area (Å²) in [7, 11) is 0. The van der Waals surface area contributed by atoms with Crippen molar-refractivity contribution < 1.29 is 19.6 Å². The number of benzene rings is 1. The number of Topliss-reactive ketones (excluding diaryl/α,β-unsaturated/α-hetero) is 1. The zero-order valence-electron chi connectivity index (χ0n) is 20.9. The maximum absolute atomic E-state index is 12.9. The van der Waals surface area contributed by atoms with Crippen LogP contribution in [-0.4, -0.2) is 23.1 Å². The number of hydrogen-bond donors (Lipinski definition) is 2. The van der Waals surface area contributed by atoms with Crippen LogP contribution in [0.25, 0.3) is 0 Å². The predicted molar refractivity (Wildman–Crippen MR) is 135 cm³/mol. The van der Waals surface area contributed by atoms with Crippen LogP contribution < -0.4 is 5.48 Å². The van der Waals surface area contributed by atoms with Gasteiger partial charge >= 0.3 is 0 Å². The Bertz CT molecular complexity index is 1100. The number of hydrogen-bond acceptors (Lipinski definition) is 5. The largest absolute Gasteiger partial charge is 0.300 e. The van der Waals surface area contributed by atoms with Gasteiger partial charge in [-0.15, -0.1) is 0 Å². The highest BCUT2D eigenvalue weighted by Crippen LogP contribution is 2.66. The lowest BCUT2D eigenvalue weighted by Gasteiger charge is -2.57. The molecule has 0 aromatic heterocycles. The molecule has 5 nitrogen and oxygen atoms in total. The fraction of sp³-hybridized carbons (Fsp3) is 0.567. The van der Waals surface area contributed by atoms with Crippen molar-refractivity contribution >= 4 is 23.5 Å². The number of aryl methyl sites for hydroxylation is 1. The third kappa shape index (κ3) is 3.92. The van der Waals surface area contributed by atoms with Crippen molar-refractivity contribution in [1.29, 1.82) is 0 Å². The number of rotatable bonds is 7. The number of allylic oxidation sites excluding steroid dienone is 4. The van der Waals surface area contributed by atoms with E-state index in [4.69, 9.17) is 5.21 Å². The van der Waals surface area contributed by atoms with Gasteiger partial charge in [-0.1, -0.05) is 25.1 Å². The third-order valence-electron chi connectivity index (χ3n) is 10.2. The fourth-order valence-electron chi connectivity index (χ4n) is 8.52. The van der Waals surface area contributed by atoms with Crippen LogP contribution >= 0.6 is 0 Å². The first-order valence-electron chi connectivity index (χ1n) is 13.2. The van der Waals surface area contributed by atoms with Gasteiger partial charge in [0.25, 0.3) is 0 Å². The van der Waals surface area contributed by atoms with Crippen molar-refractivity contribution in [3.63, 3.8) is 0 Å². The molecule has 0 radical (unpaired) electrons. The average Bonchev–Trinajstić information content (AvgIpc) is 3.24. The molecular weight excluding hydrogens is 438 g/mol. The van der Waals surface area contributed by atoms with Crippen LogP contribution in [0.3, 0.4) is 0 Å². The van der Waals surface area contributed by atoms with Crippen LogP contribution in [0.1, 0.15) is 81.1 Å². The fourth-order valence-corrected chi connectivity index (χ4v) is 8.52. The van der Waals surface area contributed by atoms with Gasteiger partial charge in [0.05, 0.1) is 5.69 Å². The summed E-state index contributed by atoms with van der Waals surface area (Å²) in [6.45, 7) is 4.14. The minimum absolute atomic E-state index is 0.0212. The van der Waals surface area contributed by atoms with E-state index in [9.17, 15) is 14.4 Å². The van der Waals surface area contributed by atoms with Crippen LogP contribution in [0, 0.1) is 34.5 Å². The summed E-state index contributed by atoms with van der Waals surface area (Å²) in [4.78, 5) is 36.6. The van der Waals surface area contributed by atoms with Gasteiger partial charge in [-0.25, -0.2) is 0 Å². The number of ketones is 2. The van der Waals surface area contributed by atoms with Gasteiger partial charge in [0, 0.05) is 17.9 Å². The van der Waals surface area contributed by atoms with E-state index in [1.165, 1.54) is 5.57 Å². The van der Waals surface area contributed by atoms with E-state index >= 15 is 0 Å². The highest BCUT2D eigenvalue weighted by molar-refractivity contribution is 5.92. The summed E-state index contributed by atoms with van der Waals surface area (Å²) in [5.74, 6) is 2.19. The molecule has 35 heavy (non-hydrogen) atoms. The maximum atomic E-state index is 12.9. The first-order chi connectivity index (χ1) is 16.8. The normalized spacial score (nSPS) is 35.5. The molecule has 5 rings (SSSR count). The van der Waals surface area contributed by atoms with Crippen LogP contribution in [0.15, 0.2) is 42.0 Å². The number of carbonyl (C=O) groups is 3. The molecular formula is C30H37NO4. The summed E-state index contributed by atoms with van der Waals surface area (Å²) in [6.07, 6.45) is 15.9. The molecule has 0 saturated heterocycles. The third-order valence-corrected chi connectivity index (χ3v) is 10.2. The van der Waals surface area contributed by atoms with E-state index in [1.54, 1.807) is 19.1 Å². The Balaban J connectivity index is 1.41. The van der Waals surface area contributed by atoms with Gasteiger partial charge in [-0.2, -0.15) is 0 Å². The molecule has 4 aliphatic rings. The number of nitrogens with one attached hydrogen (secondary N) is 1. The lowest BCUT2D eigenvalue weighted by molar-refractivity contribution is -0.128. The Kier molecular flexibility index (Phi) is 6.33. The second-order valence-corrected chi connectivity index (χ2v) is 11.6. The van der Waals surface area contributed by atoms with Crippen LogP contribution in [0.2, 0.25) is 0 Å². The van der Waals surface area contributed by atoms with Gasteiger partial charge in [0.15, 0.2) is 5.78 Å². The summed E-state index contributed by atoms with van der Waals surface area (Å²) in [6, 6.07) is 5.38. The van der Waals surface area contributed by atoms with E-state index in [-0.39, 0.29) is 22.5 Å². The second-order valence-electron chi connectivity index (χ2n) is 11.6. The molecule has 0 heterocycles. The maximum Gasteiger partial charge on any atom is 0.156 e. The Morgan fingerprint density at radius 1 is 1.20 bits per heavy atom. The van der Waals surface area contributed by atoms with Crippen LogP contribution in [0.5, 0.6) is 0 Å². The topological polar surface area (TPSA) is 83.5 Å². The standard InChI is InChI=1S/C30H37NO4/c1-19(33)26-9-10-28-25-8-6-22-17-24(34)11-14-29(22,2)27(25)12-15-30(26,28)13-3-4-20-5-7-23(31-35)16-21(20)18-32/h5-8,16-18,25-28,31,35H,3-4,9-15H2,1-2H3/t25-,26-,27-,28+,29-,30-/m1/s1. The predicted octanol–water partition coefficient (Wildman–Crippen LogP) is 6.12. The Labute approximate surface area is 208 Å². The molecule has 0 bridgehead atoms. The monoisotopic (exact) mass is 475 g/mol. The molecule has 2 N–H and O–H groups in total. The quantitative estimate of drug-likeness (QED) is 0.367. The molecule has 5 heteroatoms. The molecule has 2 saturated carbocycles. The van der Waals surface area contributed by atoms with Gasteiger partial charge in [0.2, 0.25) is 0 Å². The summed E-state index contributed by atoms with van der Waals surface area (Å²) in [5.41, 5.74) is 5.51. The number of fused-ring (bicyclic) bond motifs is 5. The molecule has 4 aliphatic carbocycles. The van der Waals surface area contributed by atoms with Gasteiger partial charge in [0.1, 0.15) is 12.1 Å². The summed E-state index contributed by atoms with van der Waals surface area (Å²) in [5, 5.41) is 9.15. The van der Waals surface area contributed by atoms with E-state index < -0.39 is 0 Å². The van der Waals surface area contributed by atoms with Gasteiger partial charge in [-0.05, 0) is 116 Å². The van der Waals surface area contributed by atoms with Crippen molar-refractivity contribution in [3.05, 3.63) is 53.1 Å². The highest BCUT2D eigenvalue weighted by atomic mass is 16.5. The molecule has 186 valence electrons. The molecule has 0 unspecified atom stereocenters. The van der Waals surface area contributed by atoms with Crippen molar-refractivity contribution in [3.8, 4) is 0 Å². The first-order valence-corrected chi connectivity index (χ1v) is 13.2. The molecule has 0 spiro atoms. The summed E-state index contributed by atoms with van der Waals surface area (Å²) < 4.78 is 0. The molecule has 0 aliphatic heterocycles. The zero-order valence-corrected chi connectivity index (χ0v) is 20.9. The molecule has 1 aromatic rings. The van der Waals surface area contributed by atoms with Crippen LogP contribution in [-0.2, 0) is 16.0 Å². The first kappa shape index (κ1) is 24.2. The second kappa shape index (κ2) is 9.16. The number of carbonyl (C=O) groups excluding carboxylic acids is 3. The van der Waals surface area contributed by atoms with E-state index in [0.717, 1.165) is 63.2 Å². The molecule has 2 fully saturated rings. The van der Waals surface area contributed by atoms with Crippen molar-refractivity contribution in [2.24, 2.45) is 34.5 Å². The Morgan fingerprint density at radius 2 is 2.03 bits per heavy atom. The average molecular weight is 476 g/mol. The van der Waals surface area contributed by atoms with Crippen LogP contribution in [0.4, 0.5) is 5.69 Å². The smallest absolute Gasteiger partial charge is 0.156 e. The minimum Gasteiger partial charge on any atom is -0.300 e. The Morgan fingerprint density at radius 3 is 2.77 bits per heavy atom. The van der Waals surface area contributed by atoms with Crippen molar-refractivity contribution in [2.75, 3.05) is 5.48 Å². The van der Waals surface area contributed by atoms with Crippen molar-refractivity contribution in [1.82, 2.24) is 0 Å². The van der Waals surface area contributed by atoms with Gasteiger partial charge < -0.3 is 0 Å². The number of aldehydes is 1.